The molecule has 0 aliphatic carbocycles. The van der Waals surface area contributed by atoms with Crippen LogP contribution in [0.3, 0.4) is 0 Å². The van der Waals surface area contributed by atoms with Gasteiger partial charge in [-0.1, -0.05) is 15.9 Å². The van der Waals surface area contributed by atoms with Crippen molar-refractivity contribution in [3.63, 3.8) is 0 Å². The first-order chi connectivity index (χ1) is 9.86. The predicted molar refractivity (Wildman–Crippen MR) is 78.2 cm³/mol. The highest BCUT2D eigenvalue weighted by molar-refractivity contribution is 9.10. The Kier molecular flexibility index (Phi) is 3.16. The van der Waals surface area contributed by atoms with Gasteiger partial charge >= 0.3 is 6.18 Å². The monoisotopic (exact) mass is 355 g/mol. The molecule has 2 aromatic carbocycles. The maximum atomic E-state index is 12.6. The molecule has 1 aromatic heterocycles. The van der Waals surface area contributed by atoms with Crippen molar-refractivity contribution in [2.45, 2.75) is 6.18 Å². The fourth-order valence-electron chi connectivity index (χ4n) is 2.14. The van der Waals surface area contributed by atoms with Crippen molar-refractivity contribution in [1.82, 2.24) is 9.55 Å². The van der Waals surface area contributed by atoms with Gasteiger partial charge in [-0.2, -0.15) is 13.2 Å². The summed E-state index contributed by atoms with van der Waals surface area (Å²) in [7, 11) is 0. The predicted octanol–water partition coefficient (Wildman–Crippen LogP) is 4.39. The Hall–Kier alpha value is -2.02. The molecule has 0 saturated heterocycles. The highest BCUT2D eigenvalue weighted by Gasteiger charge is 2.30. The van der Waals surface area contributed by atoms with Gasteiger partial charge in [-0.05, 0) is 42.5 Å². The summed E-state index contributed by atoms with van der Waals surface area (Å²) in [6.07, 6.45) is -4.36. The number of rotatable bonds is 1. The van der Waals surface area contributed by atoms with Crippen molar-refractivity contribution in [1.29, 1.82) is 0 Å². The lowest BCUT2D eigenvalue weighted by molar-refractivity contribution is -0.137. The Morgan fingerprint density at radius 1 is 1.05 bits per heavy atom. The molecule has 21 heavy (non-hydrogen) atoms. The van der Waals surface area contributed by atoms with E-state index in [1.807, 2.05) is 12.1 Å². The van der Waals surface area contributed by atoms with E-state index in [9.17, 15) is 13.2 Å². The Morgan fingerprint density at radius 2 is 1.71 bits per heavy atom. The first-order valence-electron chi connectivity index (χ1n) is 5.97. The molecule has 3 nitrogen and oxygen atoms in total. The van der Waals surface area contributed by atoms with Crippen LogP contribution >= 0.6 is 15.9 Å². The Morgan fingerprint density at radius 3 is 2.33 bits per heavy atom. The molecule has 2 N–H and O–H groups in total. The van der Waals surface area contributed by atoms with Crippen molar-refractivity contribution < 1.29 is 13.2 Å². The van der Waals surface area contributed by atoms with Crippen molar-refractivity contribution in [2.24, 2.45) is 0 Å². The van der Waals surface area contributed by atoms with Crippen LogP contribution in [0.1, 0.15) is 5.56 Å². The van der Waals surface area contributed by atoms with Crippen LogP contribution < -0.4 is 5.73 Å². The van der Waals surface area contributed by atoms with E-state index in [4.69, 9.17) is 5.73 Å². The first kappa shape index (κ1) is 13.9. The summed E-state index contributed by atoms with van der Waals surface area (Å²) in [5.74, 6) is 0.225. The summed E-state index contributed by atoms with van der Waals surface area (Å²) in [5.41, 5.74) is 7.10. The minimum atomic E-state index is -4.36. The zero-order valence-electron chi connectivity index (χ0n) is 10.5. The topological polar surface area (TPSA) is 43.8 Å². The second-order valence-electron chi connectivity index (χ2n) is 4.48. The number of halogens is 4. The van der Waals surface area contributed by atoms with E-state index in [0.29, 0.717) is 11.2 Å². The van der Waals surface area contributed by atoms with Gasteiger partial charge in [0.2, 0.25) is 5.95 Å². The van der Waals surface area contributed by atoms with E-state index in [1.54, 1.807) is 10.6 Å². The Balaban J connectivity index is 2.16. The number of hydrogen-bond donors (Lipinski definition) is 1. The lowest BCUT2D eigenvalue weighted by atomic mass is 10.2. The third-order valence-electron chi connectivity index (χ3n) is 3.10. The second kappa shape index (κ2) is 4.77. The van der Waals surface area contributed by atoms with Crippen LogP contribution in [0.2, 0.25) is 0 Å². The van der Waals surface area contributed by atoms with E-state index in [2.05, 4.69) is 20.9 Å². The maximum Gasteiger partial charge on any atom is 0.416 e. The molecule has 1 heterocycles. The molecule has 0 radical (unpaired) electrons. The molecule has 3 aromatic rings. The lowest BCUT2D eigenvalue weighted by Crippen LogP contribution is -2.06. The van der Waals surface area contributed by atoms with Crippen LogP contribution in [-0.2, 0) is 6.18 Å². The molecule has 0 bridgehead atoms. The number of anilines is 1. The van der Waals surface area contributed by atoms with Crippen molar-refractivity contribution in [3.8, 4) is 5.69 Å². The molecule has 108 valence electrons. The van der Waals surface area contributed by atoms with E-state index in [1.165, 1.54) is 12.1 Å². The van der Waals surface area contributed by atoms with Crippen molar-refractivity contribution in [2.75, 3.05) is 5.73 Å². The molecule has 0 fully saturated rings. The number of hydrogen-bond acceptors (Lipinski definition) is 2. The standard InChI is InChI=1S/C14H9BrF3N3/c15-9-3-6-11-12(7-9)21(13(19)20-11)10-4-1-8(2-5-10)14(16,17)18/h1-7H,(H2,19,20). The normalized spacial score (nSPS) is 12.0. The molecule has 0 aliphatic heterocycles. The summed E-state index contributed by atoms with van der Waals surface area (Å²) in [6, 6.07) is 10.2. The summed E-state index contributed by atoms with van der Waals surface area (Å²) in [5, 5.41) is 0. The average Bonchev–Trinajstić information content (AvgIpc) is 2.73. The fraction of sp³-hybridized carbons (Fsp3) is 0.0714. The largest absolute Gasteiger partial charge is 0.416 e. The van der Waals surface area contributed by atoms with E-state index in [0.717, 1.165) is 22.1 Å². The zero-order chi connectivity index (χ0) is 15.2. The van der Waals surface area contributed by atoms with Gasteiger partial charge in [0.15, 0.2) is 0 Å². The van der Waals surface area contributed by atoms with E-state index < -0.39 is 11.7 Å². The van der Waals surface area contributed by atoms with Gasteiger partial charge in [0.25, 0.3) is 0 Å². The summed E-state index contributed by atoms with van der Waals surface area (Å²) < 4.78 is 40.2. The third kappa shape index (κ3) is 2.49. The SMILES string of the molecule is Nc1nc2ccc(Br)cc2n1-c1ccc(C(F)(F)F)cc1. The van der Waals surface area contributed by atoms with Crippen molar-refractivity contribution in [3.05, 3.63) is 52.5 Å². The van der Waals surface area contributed by atoms with Gasteiger partial charge in [0.1, 0.15) is 0 Å². The number of nitrogens with zero attached hydrogens (tertiary/aromatic N) is 2. The number of benzene rings is 2. The first-order valence-corrected chi connectivity index (χ1v) is 6.77. The minimum Gasteiger partial charge on any atom is -0.369 e. The van der Waals surface area contributed by atoms with Crippen LogP contribution in [0.15, 0.2) is 46.9 Å². The quantitative estimate of drug-likeness (QED) is 0.703. The van der Waals surface area contributed by atoms with Crippen LogP contribution in [0.25, 0.3) is 16.7 Å². The van der Waals surface area contributed by atoms with Crippen molar-refractivity contribution >= 4 is 32.9 Å². The number of alkyl halides is 3. The number of nitrogen functional groups attached to an aromatic ring is 1. The van der Waals surface area contributed by atoms with E-state index >= 15 is 0 Å². The number of fused-ring (bicyclic) bond motifs is 1. The average molecular weight is 356 g/mol. The molecular weight excluding hydrogens is 347 g/mol. The molecule has 0 amide bonds. The summed E-state index contributed by atoms with van der Waals surface area (Å²) in [4.78, 5) is 4.20. The smallest absolute Gasteiger partial charge is 0.369 e. The van der Waals surface area contributed by atoms with Crippen LogP contribution in [0, 0.1) is 0 Å². The summed E-state index contributed by atoms with van der Waals surface area (Å²) >= 11 is 3.36. The second-order valence-corrected chi connectivity index (χ2v) is 5.40. The van der Waals surface area contributed by atoms with Gasteiger partial charge in [0.05, 0.1) is 16.6 Å². The molecule has 0 atom stereocenters. The van der Waals surface area contributed by atoms with Gasteiger partial charge in [0, 0.05) is 10.2 Å². The van der Waals surface area contributed by atoms with Gasteiger partial charge in [-0.15, -0.1) is 0 Å². The van der Waals surface area contributed by atoms with Crippen LogP contribution in [0.5, 0.6) is 0 Å². The number of aromatic nitrogens is 2. The fourth-order valence-corrected chi connectivity index (χ4v) is 2.49. The molecule has 0 spiro atoms. The summed E-state index contributed by atoms with van der Waals surface area (Å²) in [6.45, 7) is 0. The highest BCUT2D eigenvalue weighted by Crippen LogP contribution is 2.31. The molecule has 0 unspecified atom stereocenters. The number of nitrogens with two attached hydrogens (primary N) is 1. The molecule has 0 saturated carbocycles. The minimum absolute atomic E-state index is 0.225. The van der Waals surface area contributed by atoms with E-state index in [-0.39, 0.29) is 5.95 Å². The molecule has 3 rings (SSSR count). The highest BCUT2D eigenvalue weighted by atomic mass is 79.9. The van der Waals surface area contributed by atoms with Crippen LogP contribution in [-0.4, -0.2) is 9.55 Å². The Labute approximate surface area is 126 Å². The molecule has 7 heteroatoms. The van der Waals surface area contributed by atoms with Gasteiger partial charge < -0.3 is 5.73 Å². The van der Waals surface area contributed by atoms with Gasteiger partial charge in [-0.3, -0.25) is 4.57 Å². The Bertz CT molecular complexity index is 807. The third-order valence-corrected chi connectivity index (χ3v) is 3.59. The lowest BCUT2D eigenvalue weighted by Gasteiger charge is -2.10. The number of imidazole rings is 1. The zero-order valence-corrected chi connectivity index (χ0v) is 12.1. The molecule has 0 aliphatic rings. The molecular formula is C14H9BrF3N3. The maximum absolute atomic E-state index is 12.6. The van der Waals surface area contributed by atoms with Gasteiger partial charge in [-0.25, -0.2) is 4.98 Å². The van der Waals surface area contributed by atoms with Crippen LogP contribution in [0.4, 0.5) is 19.1 Å².